The number of carboxylic acid groups (broad SMARTS) is 1. The Labute approximate surface area is 140 Å². The molecule has 0 saturated carbocycles. The first-order valence-electron chi connectivity index (χ1n) is 7.87. The molecule has 2 heterocycles. The van der Waals surface area contributed by atoms with Crippen molar-refractivity contribution in [1.82, 2.24) is 9.97 Å². The highest BCUT2D eigenvalue weighted by molar-refractivity contribution is 5.72. The van der Waals surface area contributed by atoms with Crippen LogP contribution in [0.4, 0.5) is 11.5 Å². The lowest BCUT2D eigenvalue weighted by atomic mass is 9.97. The van der Waals surface area contributed by atoms with Gasteiger partial charge in [-0.3, -0.25) is 4.79 Å². The van der Waals surface area contributed by atoms with Crippen molar-refractivity contribution in [3.05, 3.63) is 36.2 Å². The maximum Gasteiger partial charge on any atom is 0.306 e. The smallest absolute Gasteiger partial charge is 0.306 e. The number of piperidine rings is 1. The van der Waals surface area contributed by atoms with Gasteiger partial charge in [0.2, 0.25) is 5.88 Å². The van der Waals surface area contributed by atoms with Gasteiger partial charge in [0.1, 0.15) is 17.8 Å². The molecule has 2 aromatic rings. The molecule has 1 aromatic carbocycles. The van der Waals surface area contributed by atoms with Crippen molar-refractivity contribution in [2.75, 3.05) is 23.7 Å². The zero-order valence-electron chi connectivity index (χ0n) is 13.5. The molecule has 1 aliphatic rings. The Morgan fingerprint density at radius 3 is 2.54 bits per heavy atom. The molecule has 24 heavy (non-hydrogen) atoms. The summed E-state index contributed by atoms with van der Waals surface area (Å²) in [7, 11) is 0. The van der Waals surface area contributed by atoms with Crippen LogP contribution in [0.25, 0.3) is 0 Å². The Morgan fingerprint density at radius 1 is 1.25 bits per heavy atom. The summed E-state index contributed by atoms with van der Waals surface area (Å²) in [6.07, 6.45) is 2.57. The average molecular weight is 328 g/mol. The van der Waals surface area contributed by atoms with Gasteiger partial charge in [0.15, 0.2) is 5.82 Å². The summed E-state index contributed by atoms with van der Waals surface area (Å²) in [4.78, 5) is 21.4. The molecule has 0 aliphatic carbocycles. The first kappa shape index (κ1) is 16.0. The third-order valence-corrected chi connectivity index (χ3v) is 4.21. The monoisotopic (exact) mass is 328 g/mol. The van der Waals surface area contributed by atoms with Crippen LogP contribution in [0.5, 0.6) is 11.6 Å². The number of carboxylic acids is 1. The van der Waals surface area contributed by atoms with Crippen LogP contribution in [0.15, 0.2) is 30.6 Å². The normalized spacial score (nSPS) is 15.3. The Morgan fingerprint density at radius 2 is 1.92 bits per heavy atom. The Balaban J connectivity index is 1.76. The molecule has 3 N–H and O–H groups in total. The van der Waals surface area contributed by atoms with E-state index in [1.54, 1.807) is 0 Å². The minimum Gasteiger partial charge on any atom is -0.481 e. The van der Waals surface area contributed by atoms with Gasteiger partial charge in [-0.2, -0.15) is 4.98 Å². The minimum atomic E-state index is -0.742. The second-order valence-electron chi connectivity index (χ2n) is 5.93. The Kier molecular flexibility index (Phi) is 4.50. The minimum absolute atomic E-state index is 0.299. The second kappa shape index (κ2) is 6.74. The number of benzene rings is 1. The lowest BCUT2D eigenvalue weighted by Gasteiger charge is -2.31. The summed E-state index contributed by atoms with van der Waals surface area (Å²) >= 11 is 0. The van der Waals surface area contributed by atoms with Crippen LogP contribution < -0.4 is 15.4 Å². The van der Waals surface area contributed by atoms with E-state index in [0.29, 0.717) is 49.1 Å². The number of nitrogens with zero attached hydrogens (tertiary/aromatic N) is 3. The molecule has 126 valence electrons. The first-order valence-corrected chi connectivity index (χ1v) is 7.87. The fourth-order valence-electron chi connectivity index (χ4n) is 2.76. The van der Waals surface area contributed by atoms with Gasteiger partial charge < -0.3 is 20.5 Å². The summed E-state index contributed by atoms with van der Waals surface area (Å²) < 4.78 is 5.76. The number of hydrogen-bond donors (Lipinski definition) is 2. The van der Waals surface area contributed by atoms with Crippen molar-refractivity contribution < 1.29 is 14.6 Å². The lowest BCUT2D eigenvalue weighted by Crippen LogP contribution is -2.37. The van der Waals surface area contributed by atoms with Crippen LogP contribution in [0.3, 0.4) is 0 Å². The maximum absolute atomic E-state index is 11.1. The summed E-state index contributed by atoms with van der Waals surface area (Å²) in [5, 5.41) is 9.09. The molecule has 7 heteroatoms. The van der Waals surface area contributed by atoms with E-state index in [2.05, 4.69) is 9.97 Å². The molecular formula is C17H20N4O3. The van der Waals surface area contributed by atoms with Gasteiger partial charge in [-0.05, 0) is 31.9 Å². The molecular weight excluding hydrogens is 308 g/mol. The number of aryl methyl sites for hydroxylation is 1. The number of nitrogen functional groups attached to an aromatic ring is 1. The van der Waals surface area contributed by atoms with Crippen molar-refractivity contribution in [1.29, 1.82) is 0 Å². The quantitative estimate of drug-likeness (QED) is 0.889. The van der Waals surface area contributed by atoms with E-state index >= 15 is 0 Å². The van der Waals surface area contributed by atoms with Gasteiger partial charge in [0.05, 0.1) is 5.92 Å². The molecule has 0 radical (unpaired) electrons. The Hall–Kier alpha value is -2.83. The average Bonchev–Trinajstić information content (AvgIpc) is 2.59. The highest BCUT2D eigenvalue weighted by Gasteiger charge is 2.27. The van der Waals surface area contributed by atoms with Gasteiger partial charge >= 0.3 is 5.97 Å². The molecule has 3 rings (SSSR count). The predicted molar refractivity (Wildman–Crippen MR) is 90.3 cm³/mol. The summed E-state index contributed by atoms with van der Waals surface area (Å²) in [5.74, 6) is 0.517. The lowest BCUT2D eigenvalue weighted by molar-refractivity contribution is -0.142. The van der Waals surface area contributed by atoms with Crippen LogP contribution in [0.1, 0.15) is 18.4 Å². The van der Waals surface area contributed by atoms with Crippen molar-refractivity contribution in [2.45, 2.75) is 19.8 Å². The van der Waals surface area contributed by atoms with Crippen LogP contribution >= 0.6 is 0 Å². The number of hydrogen-bond acceptors (Lipinski definition) is 6. The predicted octanol–water partition coefficient (Wildman–Crippen LogP) is 2.46. The number of ether oxygens (including phenoxy) is 1. The SMILES string of the molecule is Cc1ccc(Oc2ncnc(N3CCC(C(=O)O)CC3)c2N)cc1. The van der Waals surface area contributed by atoms with Crippen LogP contribution in [0, 0.1) is 12.8 Å². The van der Waals surface area contributed by atoms with Crippen molar-refractivity contribution in [3.8, 4) is 11.6 Å². The molecule has 1 saturated heterocycles. The summed E-state index contributed by atoms with van der Waals surface area (Å²) in [6, 6.07) is 7.61. The van der Waals surface area contributed by atoms with Gasteiger partial charge in [-0.15, -0.1) is 0 Å². The van der Waals surface area contributed by atoms with Crippen molar-refractivity contribution >= 4 is 17.5 Å². The van der Waals surface area contributed by atoms with E-state index in [1.807, 2.05) is 36.1 Å². The first-order chi connectivity index (χ1) is 11.5. The number of aromatic nitrogens is 2. The second-order valence-corrected chi connectivity index (χ2v) is 5.93. The number of carbonyl (C=O) groups is 1. The highest BCUT2D eigenvalue weighted by atomic mass is 16.5. The third-order valence-electron chi connectivity index (χ3n) is 4.21. The van der Waals surface area contributed by atoms with Crippen molar-refractivity contribution in [2.24, 2.45) is 5.92 Å². The van der Waals surface area contributed by atoms with E-state index in [-0.39, 0.29) is 5.92 Å². The van der Waals surface area contributed by atoms with E-state index in [0.717, 1.165) is 5.56 Å². The van der Waals surface area contributed by atoms with Gasteiger partial charge in [-0.1, -0.05) is 17.7 Å². The van der Waals surface area contributed by atoms with Crippen LogP contribution in [-0.2, 0) is 4.79 Å². The number of aliphatic carboxylic acids is 1. The largest absolute Gasteiger partial charge is 0.481 e. The van der Waals surface area contributed by atoms with Crippen LogP contribution in [0.2, 0.25) is 0 Å². The standard InChI is InChI=1S/C17H20N4O3/c1-11-2-4-13(5-3-11)24-16-14(18)15(19-10-20-16)21-8-6-12(7-9-21)17(22)23/h2-5,10,12H,6-9,18H2,1H3,(H,22,23). The van der Waals surface area contributed by atoms with Crippen molar-refractivity contribution in [3.63, 3.8) is 0 Å². The highest BCUT2D eigenvalue weighted by Crippen LogP contribution is 2.33. The summed E-state index contributed by atoms with van der Waals surface area (Å²) in [6.45, 7) is 3.20. The van der Waals surface area contributed by atoms with Gasteiger partial charge in [-0.25, -0.2) is 4.98 Å². The van der Waals surface area contributed by atoms with E-state index in [1.165, 1.54) is 6.33 Å². The zero-order valence-corrected chi connectivity index (χ0v) is 13.5. The van der Waals surface area contributed by atoms with Gasteiger partial charge in [0, 0.05) is 13.1 Å². The molecule has 0 spiro atoms. The number of anilines is 2. The molecule has 0 atom stereocenters. The fraction of sp³-hybridized carbons (Fsp3) is 0.353. The fourth-order valence-corrected chi connectivity index (χ4v) is 2.76. The van der Waals surface area contributed by atoms with Gasteiger partial charge in [0.25, 0.3) is 0 Å². The molecule has 0 amide bonds. The van der Waals surface area contributed by atoms with Crippen LogP contribution in [-0.4, -0.2) is 34.1 Å². The maximum atomic E-state index is 11.1. The molecule has 0 bridgehead atoms. The molecule has 1 aliphatic heterocycles. The Bertz CT molecular complexity index is 725. The zero-order chi connectivity index (χ0) is 17.1. The third kappa shape index (κ3) is 3.40. The van der Waals surface area contributed by atoms with E-state index in [9.17, 15) is 4.79 Å². The number of rotatable bonds is 4. The van der Waals surface area contributed by atoms with E-state index < -0.39 is 5.97 Å². The van der Waals surface area contributed by atoms with E-state index in [4.69, 9.17) is 15.6 Å². The topological polar surface area (TPSA) is 102 Å². The molecule has 1 fully saturated rings. The molecule has 1 aromatic heterocycles. The summed E-state index contributed by atoms with van der Waals surface area (Å²) in [5.41, 5.74) is 7.68. The molecule has 7 nitrogen and oxygen atoms in total. The number of nitrogens with two attached hydrogens (primary N) is 1. The molecule has 0 unspecified atom stereocenters.